The van der Waals surface area contributed by atoms with Crippen molar-refractivity contribution in [2.45, 2.75) is 323 Å². The first-order valence-corrected chi connectivity index (χ1v) is 35.5. The first kappa shape index (κ1) is 79.1. The predicted octanol–water partition coefficient (Wildman–Crippen LogP) is 16.9. The Morgan fingerprint density at radius 3 is 0.938 bits per heavy atom. The highest BCUT2D eigenvalue weighted by Gasteiger charge is 2.30. The fourth-order valence-corrected chi connectivity index (χ4v) is 10.7. The second-order valence-electron chi connectivity index (χ2n) is 23.2. The molecule has 0 aliphatic rings. The molecule has 0 heterocycles. The first-order chi connectivity index (χ1) is 38.9. The van der Waals surface area contributed by atoms with Gasteiger partial charge in [0.05, 0.1) is 26.4 Å². The van der Waals surface area contributed by atoms with E-state index in [1.165, 1.54) is 116 Å². The molecular weight excluding hydrogens is 1080 g/mol. The van der Waals surface area contributed by atoms with Crippen LogP contribution in [0.15, 0.2) is 0 Å². The van der Waals surface area contributed by atoms with Crippen molar-refractivity contribution in [3.63, 3.8) is 0 Å². The second kappa shape index (κ2) is 54.7. The van der Waals surface area contributed by atoms with Crippen LogP contribution >= 0.6 is 15.6 Å². The molecule has 0 saturated carbocycles. The molecule has 0 aromatic heterocycles. The molecule has 0 aromatic rings. The summed E-state index contributed by atoms with van der Waals surface area (Å²) in [6.07, 6.45) is 37.0. The van der Waals surface area contributed by atoms with Crippen molar-refractivity contribution in [2.24, 2.45) is 11.8 Å². The lowest BCUT2D eigenvalue weighted by atomic mass is 9.99. The Kier molecular flexibility index (Phi) is 53.4. The average Bonchev–Trinajstić information content (AvgIpc) is 3.43. The Labute approximate surface area is 492 Å². The molecule has 0 bridgehead atoms. The second-order valence-corrected chi connectivity index (χ2v) is 26.1. The molecule has 0 saturated heterocycles. The lowest BCUT2D eigenvalue weighted by Crippen LogP contribution is -2.30. The van der Waals surface area contributed by atoms with Crippen molar-refractivity contribution in [1.29, 1.82) is 0 Å². The molecule has 3 unspecified atom stereocenters. The summed E-state index contributed by atoms with van der Waals surface area (Å²) in [6, 6.07) is 0. The highest BCUT2D eigenvalue weighted by molar-refractivity contribution is 7.47. The predicted molar refractivity (Wildman–Crippen MR) is 321 cm³/mol. The molecule has 0 amide bonds. The van der Waals surface area contributed by atoms with Gasteiger partial charge in [-0.2, -0.15) is 0 Å². The topological polar surface area (TPSA) is 237 Å². The smallest absolute Gasteiger partial charge is 0.462 e. The summed E-state index contributed by atoms with van der Waals surface area (Å²) in [7, 11) is -9.86. The summed E-state index contributed by atoms with van der Waals surface area (Å²) >= 11 is 0. The van der Waals surface area contributed by atoms with Crippen molar-refractivity contribution in [3.05, 3.63) is 0 Å². The van der Waals surface area contributed by atoms with Crippen LogP contribution in [0, 0.1) is 11.8 Å². The van der Waals surface area contributed by atoms with Crippen molar-refractivity contribution in [3.8, 4) is 0 Å². The van der Waals surface area contributed by atoms with Gasteiger partial charge in [-0.1, -0.05) is 253 Å². The van der Waals surface area contributed by atoms with E-state index in [1.54, 1.807) is 0 Å². The van der Waals surface area contributed by atoms with Crippen LogP contribution in [0.3, 0.4) is 0 Å². The zero-order valence-electron chi connectivity index (χ0n) is 52.1. The maximum absolute atomic E-state index is 13.0. The molecule has 480 valence electrons. The van der Waals surface area contributed by atoms with Gasteiger partial charge in [-0.3, -0.25) is 37.3 Å². The highest BCUT2D eigenvalue weighted by Crippen LogP contribution is 2.45. The number of unbranched alkanes of at least 4 members (excludes halogenated alkanes) is 30. The molecule has 17 nitrogen and oxygen atoms in total. The number of phosphoric ester groups is 2. The van der Waals surface area contributed by atoms with E-state index in [0.717, 1.165) is 108 Å². The molecule has 19 heteroatoms. The Balaban J connectivity index is 5.08. The largest absolute Gasteiger partial charge is 0.472 e. The molecule has 0 fully saturated rings. The minimum Gasteiger partial charge on any atom is -0.462 e. The van der Waals surface area contributed by atoms with E-state index in [1.807, 2.05) is 0 Å². The Morgan fingerprint density at radius 2 is 0.630 bits per heavy atom. The number of aliphatic hydroxyl groups excluding tert-OH is 1. The van der Waals surface area contributed by atoms with Gasteiger partial charge in [0.1, 0.15) is 19.3 Å². The Bertz CT molecular complexity index is 1600. The van der Waals surface area contributed by atoms with Crippen LogP contribution in [0.5, 0.6) is 0 Å². The van der Waals surface area contributed by atoms with Gasteiger partial charge in [0.2, 0.25) is 0 Å². The zero-order chi connectivity index (χ0) is 60.1. The van der Waals surface area contributed by atoms with Crippen molar-refractivity contribution in [2.75, 3.05) is 39.6 Å². The van der Waals surface area contributed by atoms with E-state index in [-0.39, 0.29) is 25.7 Å². The molecule has 3 N–H and O–H groups in total. The summed E-state index contributed by atoms with van der Waals surface area (Å²) < 4.78 is 67.5. The Hall–Kier alpha value is -1.94. The van der Waals surface area contributed by atoms with E-state index < -0.39 is 97.5 Å². The summed E-state index contributed by atoms with van der Waals surface area (Å²) in [5, 5.41) is 10.5. The lowest BCUT2D eigenvalue weighted by Gasteiger charge is -2.21. The minimum absolute atomic E-state index is 0.0986. The van der Waals surface area contributed by atoms with Crippen LogP contribution in [0.1, 0.15) is 305 Å². The van der Waals surface area contributed by atoms with Crippen molar-refractivity contribution in [1.82, 2.24) is 0 Å². The monoisotopic (exact) mass is 1200 g/mol. The van der Waals surface area contributed by atoms with Gasteiger partial charge >= 0.3 is 39.5 Å². The number of hydrogen-bond acceptors (Lipinski definition) is 15. The molecule has 81 heavy (non-hydrogen) atoms. The molecule has 0 aromatic carbocycles. The third-order valence-electron chi connectivity index (χ3n) is 14.6. The van der Waals surface area contributed by atoms with E-state index >= 15 is 0 Å². The number of phosphoric acid groups is 2. The van der Waals surface area contributed by atoms with Crippen LogP contribution in [0.25, 0.3) is 0 Å². The van der Waals surface area contributed by atoms with Gasteiger partial charge in [-0.15, -0.1) is 0 Å². The zero-order valence-corrected chi connectivity index (χ0v) is 53.9. The SMILES string of the molecule is CCCCCCCC(=O)OC[C@H](COP(=O)(O)OC[C@H](O)COP(=O)(O)OC[C@@H](COC(=O)CCCCCCCCCCC(C)CC)OC(=O)CCCCCCCCCCCCCCCCCCC(C)C)OC(=O)CCCCCCC. The standard InChI is InChI=1S/C62H120O17P2/c1-7-10-12-30-38-44-59(64)72-50-57(78-61(66)46-40-31-13-11-8-2)52-76-80(68,69)74-48-56(63)49-75-81(70,71)77-53-58(51-73-60(65)45-39-34-28-25-24-27-33-37-43-55(6)9-3)79-62(67)47-41-35-29-23-21-19-17-15-14-16-18-20-22-26-32-36-42-54(4)5/h54-58,63H,7-53H2,1-6H3,(H,68,69)(H,70,71)/t55?,56-,57+,58+/m0/s1. The normalized spacial score (nSPS) is 14.7. The molecule has 0 aliphatic carbocycles. The number of esters is 4. The molecular formula is C62H120O17P2. The van der Waals surface area contributed by atoms with Crippen molar-refractivity contribution < 1.29 is 80.2 Å². The van der Waals surface area contributed by atoms with Crippen LogP contribution in [-0.4, -0.2) is 96.7 Å². The fraction of sp³-hybridized carbons (Fsp3) is 0.935. The van der Waals surface area contributed by atoms with E-state index in [9.17, 15) is 43.2 Å². The fourth-order valence-electron chi connectivity index (χ4n) is 9.15. The van der Waals surface area contributed by atoms with Gasteiger partial charge in [0.25, 0.3) is 0 Å². The van der Waals surface area contributed by atoms with Gasteiger partial charge in [0.15, 0.2) is 12.2 Å². The number of aliphatic hydroxyl groups is 1. The van der Waals surface area contributed by atoms with Crippen LogP contribution in [0.2, 0.25) is 0 Å². The number of rotatable bonds is 61. The molecule has 0 radical (unpaired) electrons. The number of carbonyl (C=O) groups is 4. The number of carbonyl (C=O) groups excluding carboxylic acids is 4. The average molecular weight is 1200 g/mol. The highest BCUT2D eigenvalue weighted by atomic mass is 31.2. The van der Waals surface area contributed by atoms with Gasteiger partial charge < -0.3 is 33.8 Å². The summed E-state index contributed by atoms with van der Waals surface area (Å²) in [4.78, 5) is 71.6. The lowest BCUT2D eigenvalue weighted by molar-refractivity contribution is -0.161. The van der Waals surface area contributed by atoms with Crippen LogP contribution in [0.4, 0.5) is 0 Å². The third-order valence-corrected chi connectivity index (χ3v) is 16.5. The summed E-state index contributed by atoms with van der Waals surface area (Å²) in [5.41, 5.74) is 0. The Morgan fingerprint density at radius 1 is 0.358 bits per heavy atom. The summed E-state index contributed by atoms with van der Waals surface area (Å²) in [6.45, 7) is 9.33. The van der Waals surface area contributed by atoms with Crippen LogP contribution < -0.4 is 0 Å². The van der Waals surface area contributed by atoms with Gasteiger partial charge in [-0.25, -0.2) is 9.13 Å². The minimum atomic E-state index is -4.94. The van der Waals surface area contributed by atoms with E-state index in [0.29, 0.717) is 25.7 Å². The van der Waals surface area contributed by atoms with Crippen LogP contribution in [-0.2, 0) is 65.4 Å². The maximum atomic E-state index is 13.0. The number of ether oxygens (including phenoxy) is 4. The molecule has 0 aliphatic heterocycles. The third kappa shape index (κ3) is 55.7. The van der Waals surface area contributed by atoms with Gasteiger partial charge in [0, 0.05) is 25.7 Å². The first-order valence-electron chi connectivity index (χ1n) is 32.5. The molecule has 0 rings (SSSR count). The summed E-state index contributed by atoms with van der Waals surface area (Å²) in [5.74, 6) is -0.573. The van der Waals surface area contributed by atoms with E-state index in [2.05, 4.69) is 41.5 Å². The maximum Gasteiger partial charge on any atom is 0.472 e. The quantitative estimate of drug-likeness (QED) is 0.0222. The number of hydrogen-bond donors (Lipinski definition) is 3. The molecule has 0 spiro atoms. The van der Waals surface area contributed by atoms with E-state index in [4.69, 9.17) is 37.0 Å². The van der Waals surface area contributed by atoms with Crippen molar-refractivity contribution >= 4 is 39.5 Å². The molecule has 6 atom stereocenters. The van der Waals surface area contributed by atoms with Gasteiger partial charge in [-0.05, 0) is 37.5 Å².